The minimum Gasteiger partial charge on any atom is -0.545 e. The lowest BCUT2D eigenvalue weighted by molar-refractivity contribution is -0.255. The summed E-state index contributed by atoms with van der Waals surface area (Å²) in [5, 5.41) is 14.9. The van der Waals surface area contributed by atoms with Gasteiger partial charge in [-0.15, -0.1) is 0 Å². The molecule has 1 heterocycles. The van der Waals surface area contributed by atoms with Crippen LogP contribution in [-0.2, 0) is 25.6 Å². The number of hydrogen-bond acceptors (Lipinski definition) is 6. The summed E-state index contributed by atoms with van der Waals surface area (Å²) in [4.78, 5) is 25.1. The fraction of sp³-hybridized carbons (Fsp3) is 0.146. The van der Waals surface area contributed by atoms with Crippen molar-refractivity contribution in [3.05, 3.63) is 171 Å². The van der Waals surface area contributed by atoms with Crippen LogP contribution >= 0.6 is 0 Å². The van der Waals surface area contributed by atoms with Gasteiger partial charge in [-0.25, -0.2) is 4.79 Å². The molecule has 0 bridgehead atoms. The number of nitrogens with one attached hydrogen (secondary N) is 1. The second-order valence-corrected chi connectivity index (χ2v) is 12.1. The Morgan fingerprint density at radius 3 is 2.04 bits per heavy atom. The maximum Gasteiger partial charge on any atom is 0.439 e. The number of carbonyl (C=O) groups excluding carboxylic acids is 1. The van der Waals surface area contributed by atoms with Gasteiger partial charge in [0.2, 0.25) is 0 Å². The maximum absolute atomic E-state index is 12.9. The number of alkyl halides is 3. The van der Waals surface area contributed by atoms with Crippen molar-refractivity contribution in [1.82, 2.24) is 10.1 Å². The third-order valence-corrected chi connectivity index (χ3v) is 8.52. The van der Waals surface area contributed by atoms with Gasteiger partial charge in [-0.05, 0) is 76.8 Å². The first-order valence-electron chi connectivity index (χ1n) is 16.2. The Balaban J connectivity index is 1.14. The quantitative estimate of drug-likeness (QED) is 0.131. The molecule has 6 aromatic rings. The van der Waals surface area contributed by atoms with E-state index in [1.54, 1.807) is 24.3 Å². The number of allylic oxidation sites excluding steroid dienone is 1. The zero-order chi connectivity index (χ0) is 35.8. The Labute approximate surface area is 291 Å². The van der Waals surface area contributed by atoms with Crippen LogP contribution in [0.2, 0.25) is 0 Å². The molecule has 1 aromatic heterocycles. The molecule has 0 fully saturated rings. The van der Waals surface area contributed by atoms with Crippen molar-refractivity contribution >= 4 is 12.0 Å². The molecule has 10 heteroatoms. The largest absolute Gasteiger partial charge is 0.545 e. The molecule has 7 nitrogen and oxygen atoms in total. The monoisotopic (exact) mass is 689 g/mol. The van der Waals surface area contributed by atoms with Gasteiger partial charge in [-0.3, -0.25) is 9.51 Å². The minimum absolute atomic E-state index is 0.106. The van der Waals surface area contributed by atoms with Crippen LogP contribution in [0.3, 0.4) is 0 Å². The number of carboxylic acids is 1. The standard InChI is InChI=1S/C41H33F3N2O5/c42-41(43,44)36-23-21-32(22-24-36)31-14-12-30(13-15-31)26-50-37-4-2-1-3-33(37)16-9-28(6-5-27-7-19-35(20-8-27)39(47)48)25-29-10-17-34(18-11-29)38-45-40(49)51-46-38/h1-4,7-24,28H,5-6,25-26H2,(H,47,48)(H,45,46,49)/p-1/b16-9+. The number of aromatic carboxylic acids is 1. The number of halogens is 3. The molecule has 0 aliphatic heterocycles. The van der Waals surface area contributed by atoms with Gasteiger partial charge in [-0.2, -0.15) is 13.2 Å². The Kier molecular flexibility index (Phi) is 10.6. The summed E-state index contributed by atoms with van der Waals surface area (Å²) in [6, 6.07) is 34.8. The number of benzene rings is 5. The average Bonchev–Trinajstić information content (AvgIpc) is 3.58. The number of rotatable bonds is 13. The van der Waals surface area contributed by atoms with Crippen molar-refractivity contribution in [2.24, 2.45) is 5.92 Å². The normalized spacial score (nSPS) is 12.2. The fourth-order valence-electron chi connectivity index (χ4n) is 5.68. The third-order valence-electron chi connectivity index (χ3n) is 8.52. The van der Waals surface area contributed by atoms with Crippen LogP contribution in [0.25, 0.3) is 28.6 Å². The molecule has 0 radical (unpaired) electrons. The van der Waals surface area contributed by atoms with Gasteiger partial charge in [-0.1, -0.05) is 120 Å². The van der Waals surface area contributed by atoms with Crippen LogP contribution in [0.5, 0.6) is 5.75 Å². The van der Waals surface area contributed by atoms with Crippen LogP contribution in [0.1, 0.15) is 44.6 Å². The lowest BCUT2D eigenvalue weighted by atomic mass is 9.91. The number of aromatic nitrogens is 2. The molecular formula is C41H32F3N2O5-. The molecule has 1 unspecified atom stereocenters. The molecule has 6 rings (SSSR count). The molecule has 1 N–H and O–H groups in total. The van der Waals surface area contributed by atoms with Crippen LogP contribution in [-0.4, -0.2) is 16.1 Å². The topological polar surface area (TPSA) is 108 Å². The van der Waals surface area contributed by atoms with E-state index in [1.807, 2.05) is 78.9 Å². The lowest BCUT2D eigenvalue weighted by Crippen LogP contribution is -2.22. The Morgan fingerprint density at radius 2 is 1.41 bits per heavy atom. The van der Waals surface area contributed by atoms with Crippen molar-refractivity contribution in [3.8, 4) is 28.3 Å². The van der Waals surface area contributed by atoms with Gasteiger partial charge in [0.25, 0.3) is 0 Å². The zero-order valence-electron chi connectivity index (χ0n) is 27.2. The highest BCUT2D eigenvalue weighted by Crippen LogP contribution is 2.31. The number of para-hydroxylation sites is 1. The molecule has 0 aliphatic carbocycles. The molecule has 0 aliphatic rings. The molecule has 258 valence electrons. The van der Waals surface area contributed by atoms with Crippen LogP contribution in [0.4, 0.5) is 13.2 Å². The molecule has 0 saturated heterocycles. The summed E-state index contributed by atoms with van der Waals surface area (Å²) in [5.74, 6) is -0.672. The van der Waals surface area contributed by atoms with Gasteiger partial charge < -0.3 is 14.6 Å². The number of carboxylic acid groups (broad SMARTS) is 1. The number of carbonyl (C=O) groups is 1. The summed E-state index contributed by atoms with van der Waals surface area (Å²) < 4.78 is 49.7. The SMILES string of the molecule is O=C([O-])c1ccc(CCC(/C=C/c2ccccc2OCc2ccc(-c3ccc(C(F)(F)F)cc3)cc2)Cc2ccc(-c3noc(=O)[nH]3)cc2)cc1. The van der Waals surface area contributed by atoms with Crippen molar-refractivity contribution < 1.29 is 32.3 Å². The second kappa shape index (κ2) is 15.6. The summed E-state index contributed by atoms with van der Waals surface area (Å²) >= 11 is 0. The third kappa shape index (κ3) is 9.30. The molecule has 0 amide bonds. The van der Waals surface area contributed by atoms with E-state index < -0.39 is 23.5 Å². The number of aromatic amines is 1. The van der Waals surface area contributed by atoms with E-state index in [0.717, 1.165) is 64.8 Å². The van der Waals surface area contributed by atoms with E-state index in [2.05, 4.69) is 20.7 Å². The Bertz CT molecular complexity index is 2150. The molecule has 0 saturated carbocycles. The fourth-order valence-corrected chi connectivity index (χ4v) is 5.68. The number of nitrogens with zero attached hydrogens (tertiary/aromatic N) is 1. The van der Waals surface area contributed by atoms with Crippen LogP contribution in [0.15, 0.2) is 137 Å². The van der Waals surface area contributed by atoms with E-state index in [1.165, 1.54) is 12.1 Å². The molecule has 5 aromatic carbocycles. The highest BCUT2D eigenvalue weighted by Gasteiger charge is 2.30. The molecule has 51 heavy (non-hydrogen) atoms. The zero-order valence-corrected chi connectivity index (χ0v) is 27.2. The number of hydrogen-bond donors (Lipinski definition) is 1. The van der Waals surface area contributed by atoms with Gasteiger partial charge in [0.05, 0.1) is 11.5 Å². The molecular weight excluding hydrogens is 657 g/mol. The van der Waals surface area contributed by atoms with Crippen LogP contribution in [0, 0.1) is 5.92 Å². The first kappa shape index (κ1) is 34.7. The van der Waals surface area contributed by atoms with Gasteiger partial charge in [0.15, 0.2) is 5.82 Å². The van der Waals surface area contributed by atoms with E-state index >= 15 is 0 Å². The van der Waals surface area contributed by atoms with E-state index in [0.29, 0.717) is 23.7 Å². The van der Waals surface area contributed by atoms with E-state index in [4.69, 9.17) is 4.74 Å². The Hall–Kier alpha value is -6.16. The summed E-state index contributed by atoms with van der Waals surface area (Å²) in [7, 11) is 0. The molecule has 1 atom stereocenters. The first-order valence-corrected chi connectivity index (χ1v) is 16.2. The summed E-state index contributed by atoms with van der Waals surface area (Å²) in [6.45, 7) is 0.298. The highest BCUT2D eigenvalue weighted by molar-refractivity contribution is 5.85. The minimum atomic E-state index is -4.38. The first-order chi connectivity index (χ1) is 24.6. The van der Waals surface area contributed by atoms with E-state index in [9.17, 15) is 27.9 Å². The Morgan fingerprint density at radius 1 is 0.804 bits per heavy atom. The van der Waals surface area contributed by atoms with Crippen molar-refractivity contribution in [3.63, 3.8) is 0 Å². The average molecular weight is 690 g/mol. The molecule has 0 spiro atoms. The number of ether oxygens (including phenoxy) is 1. The number of H-pyrrole nitrogens is 1. The predicted octanol–water partition coefficient (Wildman–Crippen LogP) is 8.16. The van der Waals surface area contributed by atoms with Crippen molar-refractivity contribution in [2.45, 2.75) is 32.0 Å². The summed E-state index contributed by atoms with van der Waals surface area (Å²) in [5.41, 5.74) is 5.57. The smallest absolute Gasteiger partial charge is 0.439 e. The van der Waals surface area contributed by atoms with Crippen molar-refractivity contribution in [2.75, 3.05) is 0 Å². The van der Waals surface area contributed by atoms with Crippen molar-refractivity contribution in [1.29, 1.82) is 0 Å². The van der Waals surface area contributed by atoms with Crippen LogP contribution < -0.4 is 15.6 Å². The van der Waals surface area contributed by atoms with Gasteiger partial charge >= 0.3 is 11.9 Å². The predicted molar refractivity (Wildman–Crippen MR) is 186 cm³/mol. The highest BCUT2D eigenvalue weighted by atomic mass is 19.4. The van der Waals surface area contributed by atoms with E-state index in [-0.39, 0.29) is 11.5 Å². The lowest BCUT2D eigenvalue weighted by Gasteiger charge is -2.15. The second-order valence-electron chi connectivity index (χ2n) is 12.1. The maximum atomic E-state index is 12.9. The van der Waals surface area contributed by atoms with Gasteiger partial charge in [0, 0.05) is 11.1 Å². The summed E-state index contributed by atoms with van der Waals surface area (Å²) in [6.07, 6.45) is 2.05. The number of aryl methyl sites for hydroxylation is 1. The van der Waals surface area contributed by atoms with Gasteiger partial charge in [0.1, 0.15) is 12.4 Å².